The third kappa shape index (κ3) is 5.91. The largest absolute Gasteiger partial charge is 0.384 e. The van der Waals surface area contributed by atoms with Crippen molar-refractivity contribution in [2.75, 3.05) is 33.4 Å². The van der Waals surface area contributed by atoms with Crippen LogP contribution in [0.2, 0.25) is 0 Å². The Morgan fingerprint density at radius 3 is 2.79 bits per heavy atom. The van der Waals surface area contributed by atoms with Crippen molar-refractivity contribution in [2.45, 2.75) is 46.0 Å². The van der Waals surface area contributed by atoms with Crippen LogP contribution in [0.15, 0.2) is 0 Å². The summed E-state index contributed by atoms with van der Waals surface area (Å²) in [5, 5.41) is 0. The molecule has 0 spiro atoms. The van der Waals surface area contributed by atoms with Crippen molar-refractivity contribution >= 4 is 5.91 Å². The van der Waals surface area contributed by atoms with E-state index in [0.29, 0.717) is 24.8 Å². The molecule has 1 saturated heterocycles. The summed E-state index contributed by atoms with van der Waals surface area (Å²) in [6.07, 6.45) is 4.83. The second-order valence-corrected chi connectivity index (χ2v) is 6.51. The van der Waals surface area contributed by atoms with E-state index in [1.165, 1.54) is 6.42 Å². The Bertz CT molecular complexity index is 277. The first-order valence-electron chi connectivity index (χ1n) is 7.45. The number of rotatable bonds is 7. The summed E-state index contributed by atoms with van der Waals surface area (Å²) in [7, 11) is 1.73. The maximum absolute atomic E-state index is 12.3. The molecule has 1 heterocycles. The molecule has 1 aliphatic heterocycles. The van der Waals surface area contributed by atoms with Crippen LogP contribution in [-0.4, -0.2) is 44.2 Å². The van der Waals surface area contributed by atoms with Gasteiger partial charge in [0.2, 0.25) is 5.91 Å². The highest BCUT2D eigenvalue weighted by atomic mass is 16.5. The highest BCUT2D eigenvalue weighted by molar-refractivity contribution is 5.76. The van der Waals surface area contributed by atoms with Crippen LogP contribution in [-0.2, 0) is 9.53 Å². The van der Waals surface area contributed by atoms with Crippen molar-refractivity contribution in [3.8, 4) is 0 Å². The molecule has 0 radical (unpaired) electrons. The molecule has 1 unspecified atom stereocenters. The Balaban J connectivity index is 2.36. The highest BCUT2D eigenvalue weighted by Crippen LogP contribution is 2.27. The third-order valence-electron chi connectivity index (χ3n) is 4.11. The minimum absolute atomic E-state index is 0.173. The second kappa shape index (κ2) is 7.85. The van der Waals surface area contributed by atoms with Crippen LogP contribution in [0.25, 0.3) is 0 Å². The van der Waals surface area contributed by atoms with Gasteiger partial charge in [0.1, 0.15) is 0 Å². The number of hydrogen-bond acceptors (Lipinski definition) is 3. The van der Waals surface area contributed by atoms with Crippen LogP contribution in [0.5, 0.6) is 0 Å². The molecule has 0 bridgehead atoms. The SMILES string of the molecule is COCC1CCCN(C(=O)CCC(C)(C)CCN)C1. The van der Waals surface area contributed by atoms with Crippen molar-refractivity contribution in [3.63, 3.8) is 0 Å². The van der Waals surface area contributed by atoms with Gasteiger partial charge in [-0.1, -0.05) is 13.8 Å². The standard InChI is InChI=1S/C15H30N2O2/c1-15(2,8-9-16)7-6-14(18)17-10-4-5-13(11-17)12-19-3/h13H,4-12,16H2,1-3H3. The average molecular weight is 270 g/mol. The van der Waals surface area contributed by atoms with Crippen LogP contribution in [0, 0.1) is 11.3 Å². The third-order valence-corrected chi connectivity index (χ3v) is 4.11. The zero-order chi connectivity index (χ0) is 14.3. The molecule has 0 aromatic carbocycles. The predicted octanol–water partition coefficient (Wildman–Crippen LogP) is 2.03. The Kier molecular flexibility index (Phi) is 6.80. The van der Waals surface area contributed by atoms with Gasteiger partial charge in [-0.25, -0.2) is 0 Å². The van der Waals surface area contributed by atoms with Gasteiger partial charge in [-0.2, -0.15) is 0 Å². The van der Waals surface area contributed by atoms with Gasteiger partial charge in [-0.3, -0.25) is 4.79 Å². The summed E-state index contributed by atoms with van der Waals surface area (Å²) in [6, 6.07) is 0. The van der Waals surface area contributed by atoms with Crippen LogP contribution < -0.4 is 5.73 Å². The quantitative estimate of drug-likeness (QED) is 0.770. The monoisotopic (exact) mass is 270 g/mol. The summed E-state index contributed by atoms with van der Waals surface area (Å²) in [4.78, 5) is 14.3. The molecule has 1 rings (SSSR count). The molecule has 0 aromatic heterocycles. The van der Waals surface area contributed by atoms with Crippen molar-refractivity contribution in [1.29, 1.82) is 0 Å². The van der Waals surface area contributed by atoms with E-state index in [1.54, 1.807) is 7.11 Å². The molecule has 4 heteroatoms. The summed E-state index contributed by atoms with van der Waals surface area (Å²) >= 11 is 0. The summed E-state index contributed by atoms with van der Waals surface area (Å²) in [5.41, 5.74) is 5.78. The maximum Gasteiger partial charge on any atom is 0.222 e. The molecular weight excluding hydrogens is 240 g/mol. The summed E-state index contributed by atoms with van der Waals surface area (Å²) in [6.45, 7) is 7.62. The fourth-order valence-corrected chi connectivity index (χ4v) is 2.78. The van der Waals surface area contributed by atoms with Gasteiger partial charge in [-0.15, -0.1) is 0 Å². The fraction of sp³-hybridized carbons (Fsp3) is 0.933. The highest BCUT2D eigenvalue weighted by Gasteiger charge is 2.25. The first-order valence-corrected chi connectivity index (χ1v) is 7.45. The first kappa shape index (κ1) is 16.4. The molecule has 0 aromatic rings. The summed E-state index contributed by atoms with van der Waals surface area (Å²) < 4.78 is 5.20. The molecule has 0 aliphatic carbocycles. The lowest BCUT2D eigenvalue weighted by Gasteiger charge is -2.33. The van der Waals surface area contributed by atoms with E-state index in [4.69, 9.17) is 10.5 Å². The Labute approximate surface area is 117 Å². The number of nitrogens with two attached hydrogens (primary N) is 1. The first-order chi connectivity index (χ1) is 8.98. The number of methoxy groups -OCH3 is 1. The zero-order valence-electron chi connectivity index (χ0n) is 12.8. The minimum Gasteiger partial charge on any atom is -0.384 e. The van der Waals surface area contributed by atoms with E-state index in [-0.39, 0.29) is 5.41 Å². The Hall–Kier alpha value is -0.610. The van der Waals surface area contributed by atoms with Crippen molar-refractivity contribution in [3.05, 3.63) is 0 Å². The van der Waals surface area contributed by atoms with E-state index in [0.717, 1.165) is 39.0 Å². The fourth-order valence-electron chi connectivity index (χ4n) is 2.78. The molecule has 112 valence electrons. The van der Waals surface area contributed by atoms with Gasteiger partial charge < -0.3 is 15.4 Å². The van der Waals surface area contributed by atoms with Gasteiger partial charge in [0, 0.05) is 26.6 Å². The number of nitrogens with zero attached hydrogens (tertiary/aromatic N) is 1. The minimum atomic E-state index is 0.173. The molecule has 2 N–H and O–H groups in total. The molecular formula is C15H30N2O2. The number of amides is 1. The maximum atomic E-state index is 12.3. The zero-order valence-corrected chi connectivity index (χ0v) is 12.8. The van der Waals surface area contributed by atoms with E-state index in [9.17, 15) is 4.79 Å². The van der Waals surface area contributed by atoms with Gasteiger partial charge in [0.15, 0.2) is 0 Å². The number of ether oxygens (including phenoxy) is 1. The number of likely N-dealkylation sites (tertiary alicyclic amines) is 1. The van der Waals surface area contributed by atoms with Crippen LogP contribution in [0.4, 0.5) is 0 Å². The second-order valence-electron chi connectivity index (χ2n) is 6.51. The van der Waals surface area contributed by atoms with Crippen molar-refractivity contribution < 1.29 is 9.53 Å². The predicted molar refractivity (Wildman–Crippen MR) is 77.9 cm³/mol. The number of hydrogen-bond donors (Lipinski definition) is 1. The number of piperidine rings is 1. The van der Waals surface area contributed by atoms with Gasteiger partial charge in [-0.05, 0) is 43.6 Å². The molecule has 0 saturated carbocycles. The van der Waals surface area contributed by atoms with E-state index in [1.807, 2.05) is 4.90 Å². The average Bonchev–Trinajstić information content (AvgIpc) is 2.37. The molecule has 1 amide bonds. The van der Waals surface area contributed by atoms with Gasteiger partial charge in [0.25, 0.3) is 0 Å². The van der Waals surface area contributed by atoms with Crippen molar-refractivity contribution in [1.82, 2.24) is 4.90 Å². The lowest BCUT2D eigenvalue weighted by molar-refractivity contribution is -0.134. The van der Waals surface area contributed by atoms with E-state index < -0.39 is 0 Å². The number of carbonyl (C=O) groups is 1. The van der Waals surface area contributed by atoms with E-state index in [2.05, 4.69) is 13.8 Å². The Morgan fingerprint density at radius 2 is 2.16 bits per heavy atom. The Morgan fingerprint density at radius 1 is 1.42 bits per heavy atom. The molecule has 1 atom stereocenters. The smallest absolute Gasteiger partial charge is 0.222 e. The number of carbonyl (C=O) groups excluding carboxylic acids is 1. The van der Waals surface area contributed by atoms with Gasteiger partial charge >= 0.3 is 0 Å². The lowest BCUT2D eigenvalue weighted by atomic mass is 9.84. The topological polar surface area (TPSA) is 55.6 Å². The van der Waals surface area contributed by atoms with Crippen LogP contribution in [0.1, 0.15) is 46.0 Å². The summed E-state index contributed by atoms with van der Waals surface area (Å²) in [5.74, 6) is 0.811. The normalized spacial score (nSPS) is 20.6. The molecule has 1 fully saturated rings. The van der Waals surface area contributed by atoms with Crippen molar-refractivity contribution in [2.24, 2.45) is 17.1 Å². The molecule has 4 nitrogen and oxygen atoms in total. The van der Waals surface area contributed by atoms with E-state index >= 15 is 0 Å². The lowest BCUT2D eigenvalue weighted by Crippen LogP contribution is -2.41. The van der Waals surface area contributed by atoms with Gasteiger partial charge in [0.05, 0.1) is 6.61 Å². The molecule has 1 aliphatic rings. The van der Waals surface area contributed by atoms with Crippen LogP contribution >= 0.6 is 0 Å². The van der Waals surface area contributed by atoms with Crippen LogP contribution in [0.3, 0.4) is 0 Å². The molecule has 19 heavy (non-hydrogen) atoms.